The maximum Gasteiger partial charge on any atom is 0.123 e. The molecule has 3 rings (SSSR count). The van der Waals surface area contributed by atoms with E-state index in [1.54, 1.807) is 12.1 Å². The summed E-state index contributed by atoms with van der Waals surface area (Å²) in [5, 5.41) is 14.6. The van der Waals surface area contributed by atoms with Gasteiger partial charge in [0.25, 0.3) is 0 Å². The number of benzene rings is 2. The van der Waals surface area contributed by atoms with Crippen molar-refractivity contribution in [3.63, 3.8) is 0 Å². The predicted molar refractivity (Wildman–Crippen MR) is 93.7 cm³/mol. The Bertz CT molecular complexity index is 635. The lowest BCUT2D eigenvalue weighted by Crippen LogP contribution is -2.35. The van der Waals surface area contributed by atoms with Crippen LogP contribution in [0.15, 0.2) is 48.5 Å². The lowest BCUT2D eigenvalue weighted by atomic mass is 10.0. The van der Waals surface area contributed by atoms with Gasteiger partial charge in [-0.3, -0.25) is 0 Å². The number of rotatable bonds is 4. The zero-order valence-electron chi connectivity index (χ0n) is 12.6. The van der Waals surface area contributed by atoms with E-state index in [2.05, 4.69) is 5.32 Å². The van der Waals surface area contributed by atoms with E-state index in [0.717, 1.165) is 24.3 Å². The molecule has 0 amide bonds. The van der Waals surface area contributed by atoms with Crippen molar-refractivity contribution in [3.05, 3.63) is 70.5 Å². The summed E-state index contributed by atoms with van der Waals surface area (Å²) in [7, 11) is 0. The monoisotopic (exact) mass is 355 g/mol. The Balaban J connectivity index is 0.00000192. The van der Waals surface area contributed by atoms with Crippen molar-refractivity contribution in [3.8, 4) is 0 Å². The van der Waals surface area contributed by atoms with Gasteiger partial charge in [-0.15, -0.1) is 12.4 Å². The molecule has 5 heteroatoms. The maximum absolute atomic E-state index is 13.3. The molecule has 124 valence electrons. The van der Waals surface area contributed by atoms with Crippen LogP contribution in [0.3, 0.4) is 0 Å². The summed E-state index contributed by atoms with van der Waals surface area (Å²) < 4.78 is 13.3. The zero-order valence-corrected chi connectivity index (χ0v) is 14.2. The van der Waals surface area contributed by atoms with Gasteiger partial charge >= 0.3 is 0 Å². The van der Waals surface area contributed by atoms with E-state index in [9.17, 15) is 9.50 Å². The Morgan fingerprint density at radius 1 is 1.17 bits per heavy atom. The number of aliphatic hydroxyl groups is 1. The number of halogens is 3. The number of aliphatic hydroxyl groups excluding tert-OH is 1. The normalized spacial score (nSPS) is 21.7. The van der Waals surface area contributed by atoms with Gasteiger partial charge in [0.2, 0.25) is 0 Å². The zero-order chi connectivity index (χ0) is 15.5. The third-order valence-corrected chi connectivity index (χ3v) is 4.49. The average Bonchev–Trinajstić information content (AvgIpc) is 2.97. The van der Waals surface area contributed by atoms with E-state index in [4.69, 9.17) is 11.6 Å². The van der Waals surface area contributed by atoms with Crippen molar-refractivity contribution in [2.45, 2.75) is 37.5 Å². The lowest BCUT2D eigenvalue weighted by molar-refractivity contribution is 0.135. The molecule has 1 heterocycles. The number of hydrogen-bond acceptors (Lipinski definition) is 2. The number of nitrogens with one attached hydrogen (secondary N) is 1. The second-order valence-corrected chi connectivity index (χ2v) is 6.31. The summed E-state index contributed by atoms with van der Waals surface area (Å²) >= 11 is 5.89. The van der Waals surface area contributed by atoms with E-state index in [1.807, 2.05) is 24.3 Å². The fourth-order valence-corrected chi connectivity index (χ4v) is 3.21. The molecule has 2 aromatic carbocycles. The first kappa shape index (κ1) is 18.2. The molecule has 1 fully saturated rings. The molecule has 0 unspecified atom stereocenters. The summed E-state index contributed by atoms with van der Waals surface area (Å²) in [4.78, 5) is 0. The van der Waals surface area contributed by atoms with Gasteiger partial charge in [-0.05, 0) is 54.7 Å². The van der Waals surface area contributed by atoms with Crippen LogP contribution in [0.1, 0.15) is 30.1 Å². The molecular weight excluding hydrogens is 336 g/mol. The molecule has 0 bridgehead atoms. The Hall–Kier alpha value is -1.13. The Kier molecular flexibility index (Phi) is 6.42. The molecule has 0 aromatic heterocycles. The van der Waals surface area contributed by atoms with Gasteiger partial charge in [-0.1, -0.05) is 35.9 Å². The molecule has 0 saturated carbocycles. The minimum absolute atomic E-state index is 0. The summed E-state index contributed by atoms with van der Waals surface area (Å²) in [6.07, 6.45) is 2.12. The molecule has 0 radical (unpaired) electrons. The number of hydrogen-bond donors (Lipinski definition) is 2. The van der Waals surface area contributed by atoms with E-state index >= 15 is 0 Å². The molecular formula is C18H20Cl2FNO. The highest BCUT2D eigenvalue weighted by Crippen LogP contribution is 2.27. The molecule has 0 spiro atoms. The first-order valence-corrected chi connectivity index (χ1v) is 7.93. The Morgan fingerprint density at radius 2 is 1.91 bits per heavy atom. The molecule has 2 aromatic rings. The van der Waals surface area contributed by atoms with Crippen molar-refractivity contribution in [2.24, 2.45) is 0 Å². The third-order valence-electron chi connectivity index (χ3n) is 4.24. The average molecular weight is 356 g/mol. The van der Waals surface area contributed by atoms with Crippen LogP contribution in [0.2, 0.25) is 5.02 Å². The fourth-order valence-electron chi connectivity index (χ4n) is 3.09. The third kappa shape index (κ3) is 4.67. The van der Waals surface area contributed by atoms with Crippen LogP contribution in [0, 0.1) is 5.82 Å². The lowest BCUT2D eigenvalue weighted by Gasteiger charge is -2.20. The van der Waals surface area contributed by atoms with Gasteiger partial charge in [-0.2, -0.15) is 0 Å². The maximum atomic E-state index is 13.3. The largest absolute Gasteiger partial charge is 0.387 e. The van der Waals surface area contributed by atoms with Crippen molar-refractivity contribution < 1.29 is 9.50 Å². The van der Waals surface area contributed by atoms with Crippen LogP contribution in [0.4, 0.5) is 4.39 Å². The molecule has 2 N–H and O–H groups in total. The minimum Gasteiger partial charge on any atom is -0.387 e. The topological polar surface area (TPSA) is 32.3 Å². The first-order chi connectivity index (χ1) is 10.6. The highest BCUT2D eigenvalue weighted by Gasteiger charge is 2.30. The van der Waals surface area contributed by atoms with Crippen LogP contribution < -0.4 is 5.32 Å². The summed E-state index contributed by atoms with van der Waals surface area (Å²) in [5.74, 6) is -0.313. The van der Waals surface area contributed by atoms with E-state index in [1.165, 1.54) is 17.7 Å². The highest BCUT2D eigenvalue weighted by atomic mass is 35.5. The Morgan fingerprint density at radius 3 is 2.61 bits per heavy atom. The SMILES string of the molecule is Cl.O[C@H](c1cccc(F)c1)[C@H]1CC[C@H](Cc2ccc(Cl)cc2)N1. The predicted octanol–water partition coefficient (Wildman–Crippen LogP) is 4.30. The summed E-state index contributed by atoms with van der Waals surface area (Å²) in [6, 6.07) is 14.3. The molecule has 3 atom stereocenters. The van der Waals surface area contributed by atoms with Gasteiger partial charge < -0.3 is 10.4 Å². The van der Waals surface area contributed by atoms with E-state index < -0.39 is 6.10 Å². The van der Waals surface area contributed by atoms with Gasteiger partial charge in [0.05, 0.1) is 6.10 Å². The van der Waals surface area contributed by atoms with Gasteiger partial charge in [0, 0.05) is 17.1 Å². The van der Waals surface area contributed by atoms with Gasteiger partial charge in [0.15, 0.2) is 0 Å². The smallest absolute Gasteiger partial charge is 0.123 e. The fraction of sp³-hybridized carbons (Fsp3) is 0.333. The summed E-state index contributed by atoms with van der Waals surface area (Å²) in [5.41, 5.74) is 1.85. The quantitative estimate of drug-likeness (QED) is 0.856. The second kappa shape index (κ2) is 8.11. The Labute approximate surface area is 147 Å². The van der Waals surface area contributed by atoms with E-state index in [0.29, 0.717) is 11.6 Å². The van der Waals surface area contributed by atoms with Crippen LogP contribution in [-0.4, -0.2) is 17.2 Å². The van der Waals surface area contributed by atoms with E-state index in [-0.39, 0.29) is 24.3 Å². The van der Waals surface area contributed by atoms with Crippen LogP contribution in [-0.2, 0) is 6.42 Å². The molecule has 1 aliphatic rings. The summed E-state index contributed by atoms with van der Waals surface area (Å²) in [6.45, 7) is 0. The van der Waals surface area contributed by atoms with Crippen LogP contribution >= 0.6 is 24.0 Å². The standard InChI is InChI=1S/C18H19ClFNO.ClH/c19-14-6-4-12(5-7-14)10-16-8-9-17(21-16)18(22)13-2-1-3-15(20)11-13;/h1-7,11,16-18,21-22H,8-10H2;1H/t16-,17-,18-;/m1./s1. The molecule has 23 heavy (non-hydrogen) atoms. The molecule has 1 saturated heterocycles. The van der Waals surface area contributed by atoms with Gasteiger partial charge in [-0.25, -0.2) is 4.39 Å². The molecule has 0 aliphatic carbocycles. The van der Waals surface area contributed by atoms with Crippen molar-refractivity contribution >= 4 is 24.0 Å². The van der Waals surface area contributed by atoms with Crippen molar-refractivity contribution in [2.75, 3.05) is 0 Å². The first-order valence-electron chi connectivity index (χ1n) is 7.56. The highest BCUT2D eigenvalue weighted by molar-refractivity contribution is 6.30. The van der Waals surface area contributed by atoms with Crippen LogP contribution in [0.25, 0.3) is 0 Å². The van der Waals surface area contributed by atoms with Crippen molar-refractivity contribution in [1.82, 2.24) is 5.32 Å². The molecule has 1 aliphatic heterocycles. The second-order valence-electron chi connectivity index (χ2n) is 5.88. The van der Waals surface area contributed by atoms with Crippen LogP contribution in [0.5, 0.6) is 0 Å². The minimum atomic E-state index is -0.675. The molecule has 2 nitrogen and oxygen atoms in total. The van der Waals surface area contributed by atoms with Crippen molar-refractivity contribution in [1.29, 1.82) is 0 Å². The van der Waals surface area contributed by atoms with Gasteiger partial charge in [0.1, 0.15) is 5.82 Å².